The van der Waals surface area contributed by atoms with E-state index in [1.54, 1.807) is 18.2 Å². The highest BCUT2D eigenvalue weighted by Crippen LogP contribution is 2.30. The summed E-state index contributed by atoms with van der Waals surface area (Å²) in [7, 11) is 1.27. The zero-order valence-electron chi connectivity index (χ0n) is 14.1. The molecule has 2 heterocycles. The third-order valence-electron chi connectivity index (χ3n) is 3.63. The maximum Gasteiger partial charge on any atom is 0.311 e. The minimum absolute atomic E-state index is 0.0899. The Morgan fingerprint density at radius 2 is 2.00 bits per heavy atom. The van der Waals surface area contributed by atoms with Crippen LogP contribution in [0.5, 0.6) is 0 Å². The molecule has 0 aliphatic heterocycles. The van der Waals surface area contributed by atoms with E-state index in [0.717, 1.165) is 0 Å². The number of fused-ring (bicyclic) bond motifs is 1. The molecule has 0 unspecified atom stereocenters. The van der Waals surface area contributed by atoms with E-state index >= 15 is 0 Å². The number of rotatable bonds is 5. The first kappa shape index (κ1) is 17.9. The van der Waals surface area contributed by atoms with Crippen LogP contribution in [0.1, 0.15) is 23.7 Å². The minimum atomic E-state index is -0.479. The van der Waals surface area contributed by atoms with Gasteiger partial charge in [0.1, 0.15) is 5.82 Å². The first-order valence-electron chi connectivity index (χ1n) is 7.79. The van der Waals surface area contributed by atoms with E-state index in [9.17, 15) is 14.4 Å². The van der Waals surface area contributed by atoms with Crippen LogP contribution in [-0.4, -0.2) is 33.0 Å². The Morgan fingerprint density at radius 3 is 2.77 bits per heavy atom. The molecule has 0 amide bonds. The van der Waals surface area contributed by atoms with Crippen LogP contribution < -0.4 is 11.1 Å². The summed E-state index contributed by atoms with van der Waals surface area (Å²) in [5, 5.41) is 0.573. The van der Waals surface area contributed by atoms with Crippen LogP contribution in [0.4, 0.5) is 0 Å². The van der Waals surface area contributed by atoms with Crippen molar-refractivity contribution < 1.29 is 9.53 Å². The predicted molar refractivity (Wildman–Crippen MR) is 97.2 cm³/mol. The number of H-pyrrole nitrogens is 2. The van der Waals surface area contributed by atoms with Crippen molar-refractivity contribution in [1.82, 2.24) is 19.9 Å². The van der Waals surface area contributed by atoms with Gasteiger partial charge in [0.15, 0.2) is 5.16 Å². The molecule has 0 radical (unpaired) electrons. The fourth-order valence-electron chi connectivity index (χ4n) is 2.37. The molecule has 3 rings (SSSR count). The van der Waals surface area contributed by atoms with Crippen LogP contribution in [0, 0.1) is 0 Å². The Kier molecular flexibility index (Phi) is 5.17. The van der Waals surface area contributed by atoms with Crippen molar-refractivity contribution in [2.45, 2.75) is 23.8 Å². The number of methoxy groups -OCH3 is 1. The van der Waals surface area contributed by atoms with Crippen LogP contribution in [-0.2, 0) is 16.0 Å². The summed E-state index contributed by atoms with van der Waals surface area (Å²) in [6.07, 6.45) is -0.0899. The van der Waals surface area contributed by atoms with Gasteiger partial charge >= 0.3 is 5.97 Å². The Hall–Kier alpha value is -2.94. The highest BCUT2D eigenvalue weighted by atomic mass is 32.2. The lowest BCUT2D eigenvalue weighted by Crippen LogP contribution is -2.15. The van der Waals surface area contributed by atoms with Gasteiger partial charge in [0.05, 0.1) is 35.4 Å². The molecule has 1 aromatic carbocycles. The fourth-order valence-corrected chi connectivity index (χ4v) is 3.26. The third kappa shape index (κ3) is 3.99. The molecule has 1 atom stereocenters. The van der Waals surface area contributed by atoms with Gasteiger partial charge in [0.25, 0.3) is 11.1 Å². The number of aromatic nitrogens is 4. The SMILES string of the molecule is COC(=O)Cc1cc(=O)[nH]c(S[C@H](C)c2nc3ccccc3c(=O)[nH]2)n1. The molecule has 2 aromatic heterocycles. The van der Waals surface area contributed by atoms with Gasteiger partial charge in [-0.1, -0.05) is 23.9 Å². The average Bonchev–Trinajstić information content (AvgIpc) is 2.61. The second-order valence-corrected chi connectivity index (χ2v) is 6.85. The Labute approximate surface area is 152 Å². The molecule has 2 N–H and O–H groups in total. The molecule has 26 heavy (non-hydrogen) atoms. The minimum Gasteiger partial charge on any atom is -0.469 e. The van der Waals surface area contributed by atoms with E-state index in [2.05, 4.69) is 24.7 Å². The lowest BCUT2D eigenvalue weighted by molar-refractivity contribution is -0.139. The van der Waals surface area contributed by atoms with Gasteiger partial charge in [-0.3, -0.25) is 14.4 Å². The number of para-hydroxylation sites is 1. The quantitative estimate of drug-likeness (QED) is 0.396. The Morgan fingerprint density at radius 1 is 1.23 bits per heavy atom. The summed E-state index contributed by atoms with van der Waals surface area (Å²) < 4.78 is 4.59. The summed E-state index contributed by atoms with van der Waals surface area (Å²) in [5.74, 6) is -0.00709. The van der Waals surface area contributed by atoms with Gasteiger partial charge < -0.3 is 14.7 Å². The number of carbonyl (C=O) groups excluding carboxylic acids is 1. The van der Waals surface area contributed by atoms with Crippen LogP contribution in [0.3, 0.4) is 0 Å². The standard InChI is InChI=1S/C17H16N4O4S/c1-9(15-19-12-6-4-3-5-11(12)16(24)21-15)26-17-18-10(7-13(22)20-17)8-14(23)25-2/h3-7,9H,8H2,1-2H3,(H,18,20,22)(H,19,21,24)/t9-/m1/s1. The topological polar surface area (TPSA) is 118 Å². The van der Waals surface area contributed by atoms with Gasteiger partial charge in [-0.05, 0) is 19.1 Å². The second-order valence-electron chi connectivity index (χ2n) is 5.52. The molecule has 0 saturated carbocycles. The molecule has 0 aliphatic rings. The van der Waals surface area contributed by atoms with Gasteiger partial charge in [0, 0.05) is 6.07 Å². The molecule has 0 spiro atoms. The van der Waals surface area contributed by atoms with Crippen molar-refractivity contribution in [3.8, 4) is 0 Å². The number of thioether (sulfide) groups is 1. The molecule has 9 heteroatoms. The summed E-state index contributed by atoms with van der Waals surface area (Å²) in [6.45, 7) is 1.84. The highest BCUT2D eigenvalue weighted by molar-refractivity contribution is 7.99. The molecule has 8 nitrogen and oxygen atoms in total. The van der Waals surface area contributed by atoms with Crippen LogP contribution in [0.15, 0.2) is 45.1 Å². The monoisotopic (exact) mass is 372 g/mol. The number of carbonyl (C=O) groups is 1. The number of aromatic amines is 2. The number of benzene rings is 1. The van der Waals surface area contributed by atoms with E-state index in [4.69, 9.17) is 0 Å². The van der Waals surface area contributed by atoms with Crippen LogP contribution >= 0.6 is 11.8 Å². The number of nitrogens with zero attached hydrogens (tertiary/aromatic N) is 2. The van der Waals surface area contributed by atoms with E-state index in [1.165, 1.54) is 24.9 Å². The normalized spacial score (nSPS) is 12.1. The Bertz CT molecular complexity index is 1080. The zero-order chi connectivity index (χ0) is 18.7. The fraction of sp³-hybridized carbons (Fsp3) is 0.235. The summed E-state index contributed by atoms with van der Waals surface area (Å²) in [4.78, 5) is 49.5. The van der Waals surface area contributed by atoms with Crippen molar-refractivity contribution in [1.29, 1.82) is 0 Å². The van der Waals surface area contributed by atoms with Crippen molar-refractivity contribution in [3.05, 3.63) is 62.6 Å². The highest BCUT2D eigenvalue weighted by Gasteiger charge is 2.15. The molecule has 0 fully saturated rings. The first-order chi connectivity index (χ1) is 12.5. The Balaban J connectivity index is 1.88. The summed E-state index contributed by atoms with van der Waals surface area (Å²) >= 11 is 1.23. The second kappa shape index (κ2) is 7.52. The van der Waals surface area contributed by atoms with Gasteiger partial charge in [-0.2, -0.15) is 0 Å². The summed E-state index contributed by atoms with van der Waals surface area (Å²) in [5.41, 5.74) is 0.322. The molecule has 134 valence electrons. The van der Waals surface area contributed by atoms with E-state index in [0.29, 0.717) is 27.6 Å². The summed E-state index contributed by atoms with van der Waals surface area (Å²) in [6, 6.07) is 8.31. The van der Waals surface area contributed by atoms with Crippen molar-refractivity contribution in [3.63, 3.8) is 0 Å². The third-order valence-corrected chi connectivity index (χ3v) is 4.62. The zero-order valence-corrected chi connectivity index (χ0v) is 14.9. The number of ether oxygens (including phenoxy) is 1. The number of nitrogens with one attached hydrogen (secondary N) is 2. The van der Waals surface area contributed by atoms with Crippen molar-refractivity contribution in [2.24, 2.45) is 0 Å². The number of esters is 1. The van der Waals surface area contributed by atoms with Gasteiger partial charge in [-0.25, -0.2) is 9.97 Å². The lowest BCUT2D eigenvalue weighted by Gasteiger charge is -2.11. The van der Waals surface area contributed by atoms with E-state index in [-0.39, 0.29) is 22.8 Å². The maximum absolute atomic E-state index is 12.2. The van der Waals surface area contributed by atoms with E-state index < -0.39 is 5.97 Å². The van der Waals surface area contributed by atoms with Crippen molar-refractivity contribution >= 4 is 28.6 Å². The number of hydrogen-bond acceptors (Lipinski definition) is 7. The molecule has 3 aromatic rings. The molecule has 0 aliphatic carbocycles. The van der Waals surface area contributed by atoms with E-state index in [1.807, 2.05) is 13.0 Å². The lowest BCUT2D eigenvalue weighted by atomic mass is 10.2. The molecule has 0 saturated heterocycles. The van der Waals surface area contributed by atoms with Gasteiger partial charge in [-0.15, -0.1) is 0 Å². The number of hydrogen-bond donors (Lipinski definition) is 2. The van der Waals surface area contributed by atoms with Crippen LogP contribution in [0.2, 0.25) is 0 Å². The predicted octanol–water partition coefficient (Wildman–Crippen LogP) is 1.58. The van der Waals surface area contributed by atoms with Crippen LogP contribution in [0.25, 0.3) is 10.9 Å². The smallest absolute Gasteiger partial charge is 0.311 e. The first-order valence-corrected chi connectivity index (χ1v) is 8.67. The molecular weight excluding hydrogens is 356 g/mol. The average molecular weight is 372 g/mol. The molecular formula is C17H16N4O4S. The van der Waals surface area contributed by atoms with Crippen molar-refractivity contribution in [2.75, 3.05) is 7.11 Å². The maximum atomic E-state index is 12.2. The largest absolute Gasteiger partial charge is 0.469 e. The van der Waals surface area contributed by atoms with Gasteiger partial charge in [0.2, 0.25) is 0 Å². The molecule has 0 bridgehead atoms.